The van der Waals surface area contributed by atoms with Gasteiger partial charge in [0.15, 0.2) is 5.69 Å². The summed E-state index contributed by atoms with van der Waals surface area (Å²) in [5.74, 6) is -0.928. The van der Waals surface area contributed by atoms with Crippen LogP contribution in [-0.2, 0) is 6.54 Å². The number of halogens is 1. The highest BCUT2D eigenvalue weighted by Crippen LogP contribution is 2.39. The van der Waals surface area contributed by atoms with Crippen LogP contribution >= 0.6 is 11.6 Å². The number of hydrogen-bond acceptors (Lipinski definition) is 5. The quantitative estimate of drug-likeness (QED) is 0.240. The normalized spacial score (nSPS) is 11.3. The number of para-hydroxylation sites is 1. The van der Waals surface area contributed by atoms with Gasteiger partial charge in [0.2, 0.25) is 5.88 Å². The smallest absolute Gasteiger partial charge is 0.295 e. The van der Waals surface area contributed by atoms with Crippen LogP contribution in [0.2, 0.25) is 5.02 Å². The molecule has 8 nitrogen and oxygen atoms in total. The number of carbonyl (C=O) groups excluding carboxylic acids is 1. The largest absolute Gasteiger partial charge is 0.493 e. The van der Waals surface area contributed by atoms with Crippen LogP contribution in [0.5, 0.6) is 5.88 Å². The lowest BCUT2D eigenvalue weighted by Crippen LogP contribution is -1.99. The van der Waals surface area contributed by atoms with Crippen molar-refractivity contribution in [1.82, 2.24) is 4.57 Å². The van der Waals surface area contributed by atoms with Gasteiger partial charge in [0.05, 0.1) is 22.5 Å². The molecule has 1 aromatic heterocycles. The minimum absolute atomic E-state index is 0.0252. The van der Waals surface area contributed by atoms with E-state index in [0.29, 0.717) is 22.5 Å². The Morgan fingerprint density at radius 3 is 2.58 bits per heavy atom. The van der Waals surface area contributed by atoms with Crippen molar-refractivity contribution in [2.75, 3.05) is 0 Å². The lowest BCUT2D eigenvalue weighted by atomic mass is 10.2. The van der Waals surface area contributed by atoms with Gasteiger partial charge in [-0.1, -0.05) is 54.1 Å². The Hall–Kier alpha value is -4.04. The summed E-state index contributed by atoms with van der Waals surface area (Å²) in [5.41, 5.74) is 1.42. The molecule has 0 aliphatic heterocycles. The van der Waals surface area contributed by atoms with Gasteiger partial charge in [-0.15, -0.1) is 10.2 Å². The van der Waals surface area contributed by atoms with Crippen molar-refractivity contribution in [2.24, 2.45) is 10.2 Å². The molecule has 0 spiro atoms. The summed E-state index contributed by atoms with van der Waals surface area (Å²) in [6.07, 6.45) is 0. The maximum Gasteiger partial charge on any atom is 0.295 e. The van der Waals surface area contributed by atoms with E-state index >= 15 is 0 Å². The molecule has 0 radical (unpaired) electrons. The summed E-state index contributed by atoms with van der Waals surface area (Å²) < 4.78 is 1.63. The molecule has 0 fully saturated rings. The maximum absolute atomic E-state index is 12.4. The van der Waals surface area contributed by atoms with Crippen LogP contribution in [0.3, 0.4) is 0 Å². The number of carbonyl (C=O) groups is 1. The van der Waals surface area contributed by atoms with Gasteiger partial charge in [-0.3, -0.25) is 14.9 Å². The number of azo groups is 1. The van der Waals surface area contributed by atoms with Gasteiger partial charge in [0, 0.05) is 22.5 Å². The average Bonchev–Trinajstić information content (AvgIpc) is 3.04. The Kier molecular flexibility index (Phi) is 5.46. The summed E-state index contributed by atoms with van der Waals surface area (Å²) >= 11 is 6.26. The second-order valence-corrected chi connectivity index (χ2v) is 7.09. The standard InChI is InChI=1S/C22H15ClN4O4/c23-18-10-3-1-6-15(18)13-26-19-11-4-2-9-17(19)20(22(26)29)24-25-21(28)14-7-5-8-16(12-14)27(30)31/h1-12,29H,13H2. The number of nitro benzene ring substituents is 1. The van der Waals surface area contributed by atoms with E-state index in [-0.39, 0.29) is 22.8 Å². The molecule has 1 heterocycles. The first-order valence-corrected chi connectivity index (χ1v) is 9.57. The van der Waals surface area contributed by atoms with E-state index in [1.54, 1.807) is 22.8 Å². The van der Waals surface area contributed by atoms with Crippen molar-refractivity contribution in [1.29, 1.82) is 0 Å². The second kappa shape index (κ2) is 8.37. The Balaban J connectivity index is 1.72. The molecule has 0 unspecified atom stereocenters. The van der Waals surface area contributed by atoms with Gasteiger partial charge in [0.1, 0.15) is 0 Å². The number of nitro groups is 1. The highest BCUT2D eigenvalue weighted by molar-refractivity contribution is 6.31. The fourth-order valence-electron chi connectivity index (χ4n) is 3.23. The number of non-ortho nitro benzene ring substituents is 1. The molecule has 9 heteroatoms. The summed E-state index contributed by atoms with van der Waals surface area (Å²) in [6.45, 7) is 0.292. The van der Waals surface area contributed by atoms with E-state index in [4.69, 9.17) is 11.6 Å². The summed E-state index contributed by atoms with van der Waals surface area (Å²) in [7, 11) is 0. The number of aromatic nitrogens is 1. The molecule has 0 saturated heterocycles. The van der Waals surface area contributed by atoms with E-state index in [2.05, 4.69) is 10.2 Å². The Bertz CT molecular complexity index is 1350. The lowest BCUT2D eigenvalue weighted by molar-refractivity contribution is -0.384. The van der Waals surface area contributed by atoms with E-state index in [1.165, 1.54) is 18.2 Å². The van der Waals surface area contributed by atoms with Crippen molar-refractivity contribution in [2.45, 2.75) is 6.54 Å². The SMILES string of the molecule is O=C(N=Nc1c(O)n(Cc2ccccc2Cl)c2ccccc12)c1cccc([N+](=O)[O-])c1. The predicted molar refractivity (Wildman–Crippen MR) is 116 cm³/mol. The first kappa shape index (κ1) is 20.2. The zero-order chi connectivity index (χ0) is 22.0. The number of hydrogen-bond donors (Lipinski definition) is 1. The third-order valence-electron chi connectivity index (χ3n) is 4.75. The Labute approximate surface area is 181 Å². The van der Waals surface area contributed by atoms with Crippen molar-refractivity contribution in [3.05, 3.63) is 99.1 Å². The lowest BCUT2D eigenvalue weighted by Gasteiger charge is -2.08. The fourth-order valence-corrected chi connectivity index (χ4v) is 3.43. The molecular formula is C22H15ClN4O4. The summed E-state index contributed by atoms with van der Waals surface area (Å²) in [6, 6.07) is 19.7. The average molecular weight is 435 g/mol. The highest BCUT2D eigenvalue weighted by atomic mass is 35.5. The topological polar surface area (TPSA) is 110 Å². The Morgan fingerprint density at radius 2 is 1.81 bits per heavy atom. The van der Waals surface area contributed by atoms with Crippen LogP contribution in [0, 0.1) is 10.1 Å². The molecule has 4 rings (SSSR count). The van der Waals surface area contributed by atoms with Crippen LogP contribution in [0.1, 0.15) is 15.9 Å². The molecule has 0 bridgehead atoms. The second-order valence-electron chi connectivity index (χ2n) is 6.68. The fraction of sp³-hybridized carbons (Fsp3) is 0.0455. The zero-order valence-corrected chi connectivity index (χ0v) is 16.7. The molecule has 0 saturated carbocycles. The maximum atomic E-state index is 12.4. The predicted octanol–water partition coefficient (Wildman–Crippen LogP) is 5.88. The first-order chi connectivity index (χ1) is 15.0. The van der Waals surface area contributed by atoms with E-state index in [0.717, 1.165) is 11.6 Å². The van der Waals surface area contributed by atoms with Gasteiger partial charge in [-0.25, -0.2) is 0 Å². The van der Waals surface area contributed by atoms with Crippen molar-refractivity contribution in [3.63, 3.8) is 0 Å². The van der Waals surface area contributed by atoms with Gasteiger partial charge in [-0.05, 0) is 23.8 Å². The third-order valence-corrected chi connectivity index (χ3v) is 5.12. The highest BCUT2D eigenvalue weighted by Gasteiger charge is 2.18. The van der Waals surface area contributed by atoms with Crippen LogP contribution in [0.25, 0.3) is 10.9 Å². The van der Waals surface area contributed by atoms with Crippen LogP contribution < -0.4 is 0 Å². The minimum atomic E-state index is -0.758. The molecule has 0 atom stereocenters. The van der Waals surface area contributed by atoms with Gasteiger partial charge >= 0.3 is 0 Å². The molecule has 4 aromatic rings. The first-order valence-electron chi connectivity index (χ1n) is 9.20. The summed E-state index contributed by atoms with van der Waals surface area (Å²) in [5, 5.41) is 30.6. The van der Waals surface area contributed by atoms with Gasteiger partial charge in [0.25, 0.3) is 11.6 Å². The van der Waals surface area contributed by atoms with E-state index < -0.39 is 10.8 Å². The molecule has 0 aliphatic rings. The van der Waals surface area contributed by atoms with Crippen LogP contribution in [0.4, 0.5) is 11.4 Å². The number of nitrogens with zero attached hydrogens (tertiary/aromatic N) is 4. The Morgan fingerprint density at radius 1 is 1.06 bits per heavy atom. The summed E-state index contributed by atoms with van der Waals surface area (Å²) in [4.78, 5) is 22.7. The number of amides is 1. The molecule has 3 aromatic carbocycles. The molecule has 0 aliphatic carbocycles. The van der Waals surface area contributed by atoms with Gasteiger partial charge < -0.3 is 9.67 Å². The van der Waals surface area contributed by atoms with Gasteiger partial charge in [-0.2, -0.15) is 0 Å². The monoisotopic (exact) mass is 434 g/mol. The van der Waals surface area contributed by atoms with Crippen LogP contribution in [-0.4, -0.2) is 20.5 Å². The molecule has 1 N–H and O–H groups in total. The number of benzene rings is 3. The zero-order valence-electron chi connectivity index (χ0n) is 16.0. The molecule has 31 heavy (non-hydrogen) atoms. The minimum Gasteiger partial charge on any atom is -0.493 e. The van der Waals surface area contributed by atoms with Crippen molar-refractivity contribution < 1.29 is 14.8 Å². The third kappa shape index (κ3) is 4.01. The number of aromatic hydroxyl groups is 1. The molecule has 154 valence electrons. The van der Waals surface area contributed by atoms with Crippen molar-refractivity contribution in [3.8, 4) is 5.88 Å². The van der Waals surface area contributed by atoms with Crippen LogP contribution in [0.15, 0.2) is 83.0 Å². The van der Waals surface area contributed by atoms with Crippen molar-refractivity contribution >= 4 is 39.8 Å². The number of rotatable bonds is 5. The molecule has 1 amide bonds. The van der Waals surface area contributed by atoms with E-state index in [1.807, 2.05) is 30.3 Å². The van der Waals surface area contributed by atoms with E-state index in [9.17, 15) is 20.0 Å². The molecular weight excluding hydrogens is 420 g/mol. The number of fused-ring (bicyclic) bond motifs is 1.